The van der Waals surface area contributed by atoms with E-state index in [9.17, 15) is 4.79 Å². The number of piperazine rings is 1. The van der Waals surface area contributed by atoms with Gasteiger partial charge >= 0.3 is 0 Å². The molecule has 2 aromatic heterocycles. The number of H-pyrrole nitrogens is 1. The predicted octanol–water partition coefficient (Wildman–Crippen LogP) is 3.69. The van der Waals surface area contributed by atoms with Crippen LogP contribution < -0.4 is 5.32 Å². The second-order valence-corrected chi connectivity index (χ2v) is 10.4. The summed E-state index contributed by atoms with van der Waals surface area (Å²) in [5.74, 6) is 1.07. The predicted molar refractivity (Wildman–Crippen MR) is 119 cm³/mol. The first kappa shape index (κ1) is 19.4. The summed E-state index contributed by atoms with van der Waals surface area (Å²) in [6.45, 7) is 11.2. The molecule has 0 radical (unpaired) electrons. The van der Waals surface area contributed by atoms with Crippen LogP contribution in [-0.2, 0) is 12.8 Å². The third-order valence-electron chi connectivity index (χ3n) is 6.61. The van der Waals surface area contributed by atoms with Crippen LogP contribution in [0.3, 0.4) is 0 Å². The lowest BCUT2D eigenvalue weighted by Gasteiger charge is -2.39. The molecule has 1 amide bonds. The molecule has 6 nitrogen and oxygen atoms in total. The van der Waals surface area contributed by atoms with Crippen LogP contribution in [0.2, 0.25) is 0 Å². The molecule has 1 aliphatic carbocycles. The number of aromatic amines is 1. The lowest BCUT2D eigenvalue weighted by atomic mass is 9.77. The zero-order valence-corrected chi connectivity index (χ0v) is 18.4. The van der Waals surface area contributed by atoms with Gasteiger partial charge in [-0.3, -0.25) is 4.79 Å². The van der Waals surface area contributed by atoms with Crippen LogP contribution in [0.1, 0.15) is 55.7 Å². The molecule has 158 valence electrons. The van der Waals surface area contributed by atoms with E-state index in [2.05, 4.69) is 53.8 Å². The second kappa shape index (κ2) is 6.71. The van der Waals surface area contributed by atoms with Gasteiger partial charge in [0.05, 0.1) is 6.20 Å². The fraction of sp³-hybridized carbons (Fsp3) is 0.500. The van der Waals surface area contributed by atoms with E-state index >= 15 is 0 Å². The van der Waals surface area contributed by atoms with Crippen LogP contribution in [0, 0.1) is 5.41 Å². The molecular formula is C24H31N5O. The van der Waals surface area contributed by atoms with Crippen LogP contribution in [-0.4, -0.2) is 50.7 Å². The first-order valence-corrected chi connectivity index (χ1v) is 10.9. The molecule has 0 spiro atoms. The van der Waals surface area contributed by atoms with E-state index in [1.807, 2.05) is 29.3 Å². The maximum absolute atomic E-state index is 13.1. The Bertz CT molecular complexity index is 1120. The van der Waals surface area contributed by atoms with E-state index in [0.29, 0.717) is 5.41 Å². The summed E-state index contributed by atoms with van der Waals surface area (Å²) in [7, 11) is 0. The monoisotopic (exact) mass is 405 g/mol. The Morgan fingerprint density at radius 1 is 1.17 bits per heavy atom. The quantitative estimate of drug-likeness (QED) is 0.683. The minimum Gasteiger partial charge on any atom is -0.340 e. The van der Waals surface area contributed by atoms with E-state index in [-0.39, 0.29) is 11.4 Å². The summed E-state index contributed by atoms with van der Waals surface area (Å²) in [4.78, 5) is 18.6. The maximum atomic E-state index is 13.1. The molecule has 0 unspecified atom stereocenters. The van der Waals surface area contributed by atoms with Gasteiger partial charge in [0, 0.05) is 47.3 Å². The molecule has 30 heavy (non-hydrogen) atoms. The highest BCUT2D eigenvalue weighted by molar-refractivity contribution is 5.98. The lowest BCUT2D eigenvalue weighted by molar-refractivity contribution is 0.0652. The molecule has 1 fully saturated rings. The number of nitrogens with zero attached hydrogens (tertiary/aromatic N) is 3. The van der Waals surface area contributed by atoms with Gasteiger partial charge in [0.2, 0.25) is 0 Å². The zero-order chi connectivity index (χ0) is 21.1. The van der Waals surface area contributed by atoms with E-state index in [1.54, 1.807) is 0 Å². The van der Waals surface area contributed by atoms with Crippen molar-refractivity contribution in [3.63, 3.8) is 0 Å². The Balaban J connectivity index is 1.46. The molecule has 2 N–H and O–H groups in total. The smallest absolute Gasteiger partial charge is 0.254 e. The maximum Gasteiger partial charge on any atom is 0.254 e. The number of amides is 1. The van der Waals surface area contributed by atoms with E-state index in [1.165, 1.54) is 17.7 Å². The fourth-order valence-electron chi connectivity index (χ4n) is 4.88. The van der Waals surface area contributed by atoms with Crippen molar-refractivity contribution < 1.29 is 4.79 Å². The van der Waals surface area contributed by atoms with Crippen molar-refractivity contribution in [1.29, 1.82) is 0 Å². The number of fused-ring (bicyclic) bond motifs is 2. The van der Waals surface area contributed by atoms with Gasteiger partial charge in [0.15, 0.2) is 0 Å². The SMILES string of the molecule is CC1(C)CCc2cnn(-c3cc4ccc(C(=O)N5CCNC(C)(C)C5)cc4[nH]3)c2C1. The average Bonchev–Trinajstić information content (AvgIpc) is 3.28. The summed E-state index contributed by atoms with van der Waals surface area (Å²) >= 11 is 0. The highest BCUT2D eigenvalue weighted by Gasteiger charge is 2.30. The third-order valence-corrected chi connectivity index (χ3v) is 6.61. The third kappa shape index (κ3) is 3.43. The van der Waals surface area contributed by atoms with E-state index in [4.69, 9.17) is 0 Å². The van der Waals surface area contributed by atoms with Gasteiger partial charge in [-0.25, -0.2) is 4.68 Å². The van der Waals surface area contributed by atoms with Crippen LogP contribution in [0.25, 0.3) is 16.7 Å². The Morgan fingerprint density at radius 3 is 2.80 bits per heavy atom. The minimum atomic E-state index is -0.0510. The van der Waals surface area contributed by atoms with Crippen molar-refractivity contribution in [3.05, 3.63) is 47.3 Å². The zero-order valence-electron chi connectivity index (χ0n) is 18.4. The topological polar surface area (TPSA) is 66.0 Å². The standard InChI is InChI=1S/C24H31N5O/c1-23(2)8-7-18-14-26-29(20(18)13-23)21-12-16-5-6-17(11-19(16)27-21)22(30)28-10-9-25-24(3,4)15-28/h5-6,11-12,14,25,27H,7-10,13,15H2,1-4H3. The number of carbonyl (C=O) groups excluding carboxylic acids is 1. The summed E-state index contributed by atoms with van der Waals surface area (Å²) in [5.41, 5.74) is 4.61. The molecule has 1 aromatic carbocycles. The van der Waals surface area contributed by atoms with Crippen LogP contribution in [0.4, 0.5) is 0 Å². The van der Waals surface area contributed by atoms with Crippen molar-refractivity contribution in [2.24, 2.45) is 5.41 Å². The Hall–Kier alpha value is -2.60. The van der Waals surface area contributed by atoms with Gasteiger partial charge in [0.25, 0.3) is 5.91 Å². The number of aromatic nitrogens is 3. The summed E-state index contributed by atoms with van der Waals surface area (Å²) < 4.78 is 2.05. The van der Waals surface area contributed by atoms with Gasteiger partial charge in [-0.1, -0.05) is 19.9 Å². The molecule has 0 bridgehead atoms. The Morgan fingerprint density at radius 2 is 2.00 bits per heavy atom. The Kier molecular flexibility index (Phi) is 4.33. The van der Waals surface area contributed by atoms with Crippen molar-refractivity contribution in [1.82, 2.24) is 25.0 Å². The molecule has 0 saturated carbocycles. The lowest BCUT2D eigenvalue weighted by Crippen LogP contribution is -2.58. The summed E-state index contributed by atoms with van der Waals surface area (Å²) in [6, 6.07) is 8.09. The first-order valence-electron chi connectivity index (χ1n) is 10.9. The van der Waals surface area contributed by atoms with Crippen molar-refractivity contribution >= 4 is 16.8 Å². The van der Waals surface area contributed by atoms with Gasteiger partial charge < -0.3 is 15.2 Å². The summed E-state index contributed by atoms with van der Waals surface area (Å²) in [5, 5.41) is 9.24. The largest absolute Gasteiger partial charge is 0.340 e. The Labute approximate surface area is 177 Å². The van der Waals surface area contributed by atoms with Gasteiger partial charge in [-0.15, -0.1) is 0 Å². The number of aryl methyl sites for hydroxylation is 1. The minimum absolute atomic E-state index is 0.0510. The summed E-state index contributed by atoms with van der Waals surface area (Å²) in [6.07, 6.45) is 5.33. The molecule has 1 aliphatic heterocycles. The van der Waals surface area contributed by atoms with E-state index in [0.717, 1.165) is 54.8 Å². The number of nitrogens with one attached hydrogen (secondary N) is 2. The van der Waals surface area contributed by atoms with Gasteiger partial charge in [0.1, 0.15) is 5.82 Å². The highest BCUT2D eigenvalue weighted by atomic mass is 16.2. The van der Waals surface area contributed by atoms with Crippen molar-refractivity contribution in [2.45, 2.75) is 52.5 Å². The number of hydrogen-bond donors (Lipinski definition) is 2. The van der Waals surface area contributed by atoms with Gasteiger partial charge in [-0.2, -0.15) is 5.10 Å². The molecule has 2 aliphatic rings. The second-order valence-electron chi connectivity index (χ2n) is 10.4. The molecule has 1 saturated heterocycles. The number of carbonyl (C=O) groups is 1. The van der Waals surface area contributed by atoms with Crippen molar-refractivity contribution in [3.8, 4) is 5.82 Å². The fourth-order valence-corrected chi connectivity index (χ4v) is 4.88. The first-order chi connectivity index (χ1) is 14.2. The van der Waals surface area contributed by atoms with Crippen LogP contribution in [0.5, 0.6) is 0 Å². The molecule has 0 atom stereocenters. The normalized spacial score (nSPS) is 20.3. The average molecular weight is 406 g/mol. The molecular weight excluding hydrogens is 374 g/mol. The number of hydrogen-bond acceptors (Lipinski definition) is 3. The molecule has 6 heteroatoms. The van der Waals surface area contributed by atoms with Crippen LogP contribution >= 0.6 is 0 Å². The highest BCUT2D eigenvalue weighted by Crippen LogP contribution is 2.35. The number of rotatable bonds is 2. The number of benzene rings is 1. The van der Waals surface area contributed by atoms with Crippen LogP contribution in [0.15, 0.2) is 30.5 Å². The van der Waals surface area contributed by atoms with Gasteiger partial charge in [-0.05, 0) is 62.3 Å². The molecule has 5 rings (SSSR count). The molecule has 3 aromatic rings. The molecule has 3 heterocycles. The van der Waals surface area contributed by atoms with Crippen molar-refractivity contribution in [2.75, 3.05) is 19.6 Å². The van der Waals surface area contributed by atoms with E-state index < -0.39 is 0 Å².